The van der Waals surface area contributed by atoms with Gasteiger partial charge in [0.15, 0.2) is 0 Å². The van der Waals surface area contributed by atoms with Crippen molar-refractivity contribution in [1.29, 1.82) is 0 Å². The first-order valence-corrected chi connectivity index (χ1v) is 7.55. The van der Waals surface area contributed by atoms with Crippen LogP contribution < -0.4 is 11.1 Å². The predicted octanol–water partition coefficient (Wildman–Crippen LogP) is -0.434. The van der Waals surface area contributed by atoms with E-state index in [2.05, 4.69) is 15.5 Å². The van der Waals surface area contributed by atoms with Crippen molar-refractivity contribution in [3.63, 3.8) is 0 Å². The van der Waals surface area contributed by atoms with Gasteiger partial charge in [-0.1, -0.05) is 11.3 Å². The smallest absolute Gasteiger partial charge is 0.273 e. The van der Waals surface area contributed by atoms with Crippen LogP contribution in [-0.4, -0.2) is 41.5 Å². The van der Waals surface area contributed by atoms with E-state index in [9.17, 15) is 13.2 Å². The number of nitrogens with zero attached hydrogens (tertiary/aromatic N) is 3. The Morgan fingerprint density at radius 2 is 2.28 bits per heavy atom. The third-order valence-corrected chi connectivity index (χ3v) is 5.58. The maximum absolute atomic E-state index is 12.2. The van der Waals surface area contributed by atoms with Gasteiger partial charge >= 0.3 is 0 Å². The van der Waals surface area contributed by atoms with Crippen LogP contribution in [0.2, 0.25) is 0 Å². The molecular weight excluding hydrogens is 278 g/mol. The summed E-state index contributed by atoms with van der Waals surface area (Å²) >= 11 is 0.818. The Bertz CT molecular complexity index is 555. The third kappa shape index (κ3) is 2.51. The van der Waals surface area contributed by atoms with E-state index in [0.29, 0.717) is 13.0 Å². The maximum atomic E-state index is 12.2. The van der Waals surface area contributed by atoms with E-state index < -0.39 is 16.2 Å². The first kappa shape index (κ1) is 13.3. The number of nitrogens with one attached hydrogen (secondary N) is 1. The Labute approximate surface area is 108 Å². The van der Waals surface area contributed by atoms with Crippen LogP contribution in [0.15, 0.2) is 4.34 Å². The summed E-state index contributed by atoms with van der Waals surface area (Å²) < 4.78 is 25.4. The highest BCUT2D eigenvalue weighted by molar-refractivity contribution is 7.91. The van der Waals surface area contributed by atoms with E-state index in [1.807, 2.05) is 0 Å². The van der Waals surface area contributed by atoms with Crippen molar-refractivity contribution in [1.82, 2.24) is 14.5 Å². The van der Waals surface area contributed by atoms with Crippen LogP contribution in [0.4, 0.5) is 5.13 Å². The fraction of sp³-hybridized carbons (Fsp3) is 0.625. The molecule has 8 nitrogen and oxygen atoms in total. The molecule has 1 aromatic heterocycles. The van der Waals surface area contributed by atoms with Gasteiger partial charge in [-0.3, -0.25) is 4.79 Å². The molecule has 1 aliphatic rings. The monoisotopic (exact) mass is 291 g/mol. The molecule has 1 aliphatic heterocycles. The Hall–Kier alpha value is -1.10. The predicted molar refractivity (Wildman–Crippen MR) is 65.3 cm³/mol. The molecule has 0 bridgehead atoms. The standard InChI is InChI=1S/C8H13N5O3S2/c1-5(14)10-7-11-12-8(17-7)18(15,16)13-4-2-3-6(13)9/h6H,2-4,9H2,1H3,(H,10,11,14). The molecule has 0 aliphatic carbocycles. The van der Waals surface area contributed by atoms with Crippen molar-refractivity contribution in [3.05, 3.63) is 0 Å². The Morgan fingerprint density at radius 3 is 2.83 bits per heavy atom. The molecule has 10 heteroatoms. The normalized spacial score (nSPS) is 21.1. The zero-order valence-electron chi connectivity index (χ0n) is 9.66. The van der Waals surface area contributed by atoms with Gasteiger partial charge in [0.25, 0.3) is 10.0 Å². The second kappa shape index (κ2) is 4.88. The number of rotatable bonds is 3. The highest BCUT2D eigenvalue weighted by Crippen LogP contribution is 2.27. The van der Waals surface area contributed by atoms with Gasteiger partial charge < -0.3 is 11.1 Å². The lowest BCUT2D eigenvalue weighted by atomic mass is 10.3. The molecule has 3 N–H and O–H groups in total. The largest absolute Gasteiger partial charge is 0.315 e. The molecule has 1 atom stereocenters. The van der Waals surface area contributed by atoms with E-state index in [0.717, 1.165) is 17.8 Å². The summed E-state index contributed by atoms with van der Waals surface area (Å²) in [6.07, 6.45) is 0.858. The summed E-state index contributed by atoms with van der Waals surface area (Å²) in [7, 11) is -3.70. The van der Waals surface area contributed by atoms with Crippen LogP contribution in [0.3, 0.4) is 0 Å². The summed E-state index contributed by atoms with van der Waals surface area (Å²) in [5.74, 6) is -0.326. The molecule has 0 spiro atoms. The highest BCUT2D eigenvalue weighted by Gasteiger charge is 2.35. The minimum Gasteiger partial charge on any atom is -0.315 e. The lowest BCUT2D eigenvalue weighted by Crippen LogP contribution is -2.40. The number of anilines is 1. The van der Waals surface area contributed by atoms with Gasteiger partial charge in [-0.2, -0.15) is 4.31 Å². The van der Waals surface area contributed by atoms with E-state index in [4.69, 9.17) is 5.73 Å². The number of aromatic nitrogens is 2. The van der Waals surface area contributed by atoms with Gasteiger partial charge in [0.1, 0.15) is 0 Å². The first-order valence-electron chi connectivity index (χ1n) is 5.30. The van der Waals surface area contributed by atoms with Crippen molar-refractivity contribution in [2.45, 2.75) is 30.3 Å². The quantitative estimate of drug-likeness (QED) is 0.729. The average Bonchev–Trinajstić information content (AvgIpc) is 2.86. The highest BCUT2D eigenvalue weighted by atomic mass is 32.2. The van der Waals surface area contributed by atoms with Gasteiger partial charge in [-0.05, 0) is 12.8 Å². The van der Waals surface area contributed by atoms with Crippen LogP contribution in [-0.2, 0) is 14.8 Å². The van der Waals surface area contributed by atoms with Gasteiger partial charge in [-0.15, -0.1) is 10.2 Å². The van der Waals surface area contributed by atoms with Gasteiger partial charge in [0.05, 0.1) is 6.17 Å². The second-order valence-corrected chi connectivity index (χ2v) is 6.92. The molecule has 18 heavy (non-hydrogen) atoms. The maximum Gasteiger partial charge on any atom is 0.273 e. The number of sulfonamides is 1. The number of carbonyl (C=O) groups is 1. The van der Waals surface area contributed by atoms with E-state index in [1.54, 1.807) is 0 Å². The van der Waals surface area contributed by atoms with Crippen molar-refractivity contribution >= 4 is 32.4 Å². The lowest BCUT2D eigenvalue weighted by Gasteiger charge is -2.18. The molecule has 0 aromatic carbocycles. The Balaban J connectivity index is 2.24. The van der Waals surface area contributed by atoms with Gasteiger partial charge in [0.2, 0.25) is 15.4 Å². The number of hydrogen-bond acceptors (Lipinski definition) is 7. The van der Waals surface area contributed by atoms with Crippen molar-refractivity contribution < 1.29 is 13.2 Å². The fourth-order valence-electron chi connectivity index (χ4n) is 1.68. The molecule has 1 fully saturated rings. The number of hydrogen-bond donors (Lipinski definition) is 2. The fourth-order valence-corrected chi connectivity index (χ4v) is 4.32. The van der Waals surface area contributed by atoms with Crippen molar-refractivity contribution in [3.8, 4) is 0 Å². The number of amides is 1. The minimum absolute atomic E-state index is 0.149. The van der Waals surface area contributed by atoms with Crippen LogP contribution >= 0.6 is 11.3 Å². The van der Waals surface area contributed by atoms with Crippen molar-refractivity contribution in [2.24, 2.45) is 5.73 Å². The zero-order valence-corrected chi connectivity index (χ0v) is 11.3. The summed E-state index contributed by atoms with van der Waals surface area (Å²) in [6, 6.07) is 0. The number of carbonyl (C=O) groups excluding carboxylic acids is 1. The summed E-state index contributed by atoms with van der Waals surface area (Å²) in [5.41, 5.74) is 5.72. The van der Waals surface area contributed by atoms with Crippen LogP contribution in [0.1, 0.15) is 19.8 Å². The van der Waals surface area contributed by atoms with Crippen LogP contribution in [0, 0.1) is 0 Å². The number of nitrogens with two attached hydrogens (primary N) is 1. The van der Waals surface area contributed by atoms with E-state index >= 15 is 0 Å². The minimum atomic E-state index is -3.70. The van der Waals surface area contributed by atoms with Gasteiger partial charge in [0, 0.05) is 13.5 Å². The lowest BCUT2D eigenvalue weighted by molar-refractivity contribution is -0.114. The van der Waals surface area contributed by atoms with E-state index in [1.165, 1.54) is 11.2 Å². The SMILES string of the molecule is CC(=O)Nc1nnc(S(=O)(=O)N2CCCC2N)s1. The molecule has 100 valence electrons. The molecule has 0 radical (unpaired) electrons. The summed E-state index contributed by atoms with van der Waals surface area (Å²) in [6.45, 7) is 1.70. The van der Waals surface area contributed by atoms with E-state index in [-0.39, 0.29) is 15.4 Å². The van der Waals surface area contributed by atoms with Crippen LogP contribution in [0.5, 0.6) is 0 Å². The second-order valence-electron chi connectivity index (χ2n) is 3.88. The topological polar surface area (TPSA) is 118 Å². The first-order chi connectivity index (χ1) is 8.41. The molecule has 0 saturated carbocycles. The zero-order chi connectivity index (χ0) is 13.3. The molecule has 1 aromatic rings. The Morgan fingerprint density at radius 1 is 1.56 bits per heavy atom. The molecule has 1 amide bonds. The van der Waals surface area contributed by atoms with Crippen molar-refractivity contribution in [2.75, 3.05) is 11.9 Å². The molecular formula is C8H13N5O3S2. The summed E-state index contributed by atoms with van der Waals surface area (Å²) in [4.78, 5) is 10.8. The molecule has 1 saturated heterocycles. The third-order valence-electron chi connectivity index (χ3n) is 2.47. The molecule has 1 unspecified atom stereocenters. The Kier molecular flexibility index (Phi) is 3.61. The molecule has 2 rings (SSSR count). The van der Waals surface area contributed by atoms with Gasteiger partial charge in [-0.25, -0.2) is 8.42 Å². The molecule has 2 heterocycles. The summed E-state index contributed by atoms with van der Waals surface area (Å²) in [5, 5.41) is 9.75. The van der Waals surface area contributed by atoms with Crippen LogP contribution in [0.25, 0.3) is 0 Å². The average molecular weight is 291 g/mol.